The van der Waals surface area contributed by atoms with Gasteiger partial charge in [-0.3, -0.25) is 9.59 Å². The third kappa shape index (κ3) is 8.87. The van der Waals surface area contributed by atoms with Gasteiger partial charge in [-0.2, -0.15) is 0 Å². The minimum Gasteiger partial charge on any atom is -0.352 e. The van der Waals surface area contributed by atoms with E-state index in [1.807, 2.05) is 68.4 Å². The fourth-order valence-corrected chi connectivity index (χ4v) is 5.29. The molecular weight excluding hydrogens is 575 g/mol. The number of nitrogens with zero attached hydrogens (tertiary/aromatic N) is 1. The highest BCUT2D eigenvalue weighted by Gasteiger charge is 2.31. The molecule has 0 aromatic heterocycles. The molecule has 0 saturated heterocycles. The molecule has 1 N–H and O–H groups in total. The summed E-state index contributed by atoms with van der Waals surface area (Å²) in [6.45, 7) is 4.23. The molecular formula is C29H31BrClFN2O2S. The average Bonchev–Trinajstić information content (AvgIpc) is 2.89. The van der Waals surface area contributed by atoms with Gasteiger partial charge in [0.05, 0.1) is 5.75 Å². The molecule has 0 spiro atoms. The predicted octanol–water partition coefficient (Wildman–Crippen LogP) is 7.03. The molecule has 37 heavy (non-hydrogen) atoms. The maximum absolute atomic E-state index is 14.2. The molecule has 0 aliphatic heterocycles. The predicted molar refractivity (Wildman–Crippen MR) is 154 cm³/mol. The summed E-state index contributed by atoms with van der Waals surface area (Å²) in [5.74, 6) is -0.435. The van der Waals surface area contributed by atoms with Crippen LogP contribution in [0.1, 0.15) is 37.0 Å². The Balaban J connectivity index is 1.87. The van der Waals surface area contributed by atoms with Crippen molar-refractivity contribution in [3.05, 3.63) is 105 Å². The summed E-state index contributed by atoms with van der Waals surface area (Å²) in [6.07, 6.45) is 1.17. The topological polar surface area (TPSA) is 49.4 Å². The van der Waals surface area contributed by atoms with Crippen molar-refractivity contribution in [1.82, 2.24) is 10.2 Å². The van der Waals surface area contributed by atoms with Crippen LogP contribution in [0.4, 0.5) is 4.39 Å². The van der Waals surface area contributed by atoms with Gasteiger partial charge in [0.2, 0.25) is 11.8 Å². The van der Waals surface area contributed by atoms with Gasteiger partial charge in [0.25, 0.3) is 0 Å². The lowest BCUT2D eigenvalue weighted by molar-refractivity contribution is -0.139. The van der Waals surface area contributed by atoms with Gasteiger partial charge in [0.1, 0.15) is 11.9 Å². The molecule has 0 unspecified atom stereocenters. The van der Waals surface area contributed by atoms with Crippen molar-refractivity contribution in [1.29, 1.82) is 0 Å². The number of halogens is 3. The van der Waals surface area contributed by atoms with Crippen molar-refractivity contribution >= 4 is 51.1 Å². The summed E-state index contributed by atoms with van der Waals surface area (Å²) in [7, 11) is 0. The molecule has 0 fully saturated rings. The number of nitrogens with one attached hydrogen (secondary N) is 1. The number of rotatable bonds is 12. The van der Waals surface area contributed by atoms with E-state index in [9.17, 15) is 14.0 Å². The number of carbonyl (C=O) groups excluding carboxylic acids is 2. The van der Waals surface area contributed by atoms with Gasteiger partial charge < -0.3 is 10.2 Å². The molecule has 196 valence electrons. The molecule has 0 aliphatic carbocycles. The smallest absolute Gasteiger partial charge is 0.243 e. The monoisotopic (exact) mass is 604 g/mol. The fraction of sp³-hybridized carbons (Fsp3) is 0.310. The second kappa shape index (κ2) is 14.6. The van der Waals surface area contributed by atoms with Gasteiger partial charge in [-0.05, 0) is 48.7 Å². The lowest BCUT2D eigenvalue weighted by Crippen LogP contribution is -2.52. The number of benzene rings is 3. The Kier molecular flexibility index (Phi) is 11.5. The Morgan fingerprint density at radius 3 is 2.38 bits per heavy atom. The van der Waals surface area contributed by atoms with Crippen molar-refractivity contribution in [3.63, 3.8) is 0 Å². The maximum atomic E-state index is 14.2. The van der Waals surface area contributed by atoms with E-state index in [0.717, 1.165) is 22.0 Å². The number of carbonyl (C=O) groups is 2. The molecule has 2 atom stereocenters. The van der Waals surface area contributed by atoms with Gasteiger partial charge in [0, 0.05) is 39.8 Å². The molecule has 3 aromatic rings. The highest BCUT2D eigenvalue weighted by atomic mass is 79.9. The third-order valence-corrected chi connectivity index (χ3v) is 7.90. The van der Waals surface area contributed by atoms with Crippen LogP contribution in [-0.4, -0.2) is 34.6 Å². The van der Waals surface area contributed by atoms with Gasteiger partial charge in [-0.15, -0.1) is 11.8 Å². The zero-order chi connectivity index (χ0) is 26.8. The van der Waals surface area contributed by atoms with Crippen LogP contribution in [0.2, 0.25) is 5.02 Å². The molecule has 0 aliphatic rings. The second-order valence-corrected chi connectivity index (χ2v) is 11.2. The van der Waals surface area contributed by atoms with E-state index in [2.05, 4.69) is 21.2 Å². The van der Waals surface area contributed by atoms with Gasteiger partial charge in [-0.25, -0.2) is 4.39 Å². The summed E-state index contributed by atoms with van der Waals surface area (Å²) in [6, 6.07) is 21.2. The van der Waals surface area contributed by atoms with E-state index in [0.29, 0.717) is 17.0 Å². The third-order valence-electron chi connectivity index (χ3n) is 6.07. The molecule has 0 bridgehead atoms. The van der Waals surface area contributed by atoms with E-state index in [4.69, 9.17) is 11.6 Å². The van der Waals surface area contributed by atoms with E-state index < -0.39 is 11.9 Å². The summed E-state index contributed by atoms with van der Waals surface area (Å²) in [5.41, 5.74) is 2.25. The van der Waals surface area contributed by atoms with Crippen LogP contribution in [0.5, 0.6) is 0 Å². The van der Waals surface area contributed by atoms with Crippen molar-refractivity contribution in [2.45, 2.75) is 51.1 Å². The number of hydrogen-bond donors (Lipinski definition) is 1. The summed E-state index contributed by atoms with van der Waals surface area (Å²) in [5, 5.41) is 3.40. The van der Waals surface area contributed by atoms with Crippen molar-refractivity contribution < 1.29 is 14.0 Å². The van der Waals surface area contributed by atoms with Crippen LogP contribution in [0.3, 0.4) is 0 Å². The van der Waals surface area contributed by atoms with E-state index in [1.165, 1.54) is 17.8 Å². The largest absolute Gasteiger partial charge is 0.352 e. The Labute approximate surface area is 236 Å². The lowest BCUT2D eigenvalue weighted by Gasteiger charge is -2.32. The highest BCUT2D eigenvalue weighted by Crippen LogP contribution is 2.25. The molecule has 0 heterocycles. The Morgan fingerprint density at radius 1 is 1.03 bits per heavy atom. The first-order valence-electron chi connectivity index (χ1n) is 12.2. The van der Waals surface area contributed by atoms with Crippen LogP contribution < -0.4 is 5.32 Å². The Hall–Kier alpha value is -2.35. The molecule has 4 nitrogen and oxygen atoms in total. The van der Waals surface area contributed by atoms with E-state index in [1.54, 1.807) is 17.0 Å². The zero-order valence-electron chi connectivity index (χ0n) is 20.9. The van der Waals surface area contributed by atoms with Crippen LogP contribution in [0.25, 0.3) is 0 Å². The normalized spacial score (nSPS) is 12.6. The minimum absolute atomic E-state index is 0.0204. The lowest BCUT2D eigenvalue weighted by atomic mass is 10.0. The van der Waals surface area contributed by atoms with Gasteiger partial charge in [-0.1, -0.05) is 83.0 Å². The Morgan fingerprint density at radius 2 is 1.73 bits per heavy atom. The second-order valence-electron chi connectivity index (χ2n) is 8.86. The summed E-state index contributed by atoms with van der Waals surface area (Å²) in [4.78, 5) is 28.8. The van der Waals surface area contributed by atoms with Gasteiger partial charge >= 0.3 is 0 Å². The number of hydrogen-bond acceptors (Lipinski definition) is 3. The van der Waals surface area contributed by atoms with E-state index >= 15 is 0 Å². The number of thioether (sulfide) groups is 1. The highest BCUT2D eigenvalue weighted by molar-refractivity contribution is 9.10. The van der Waals surface area contributed by atoms with Crippen LogP contribution >= 0.6 is 39.3 Å². The van der Waals surface area contributed by atoms with Gasteiger partial charge in [0.15, 0.2) is 0 Å². The Bertz CT molecular complexity index is 1160. The molecule has 3 rings (SSSR count). The van der Waals surface area contributed by atoms with E-state index in [-0.39, 0.29) is 35.9 Å². The van der Waals surface area contributed by atoms with Crippen LogP contribution in [0.15, 0.2) is 77.3 Å². The first kappa shape index (κ1) is 29.2. The average molecular weight is 606 g/mol. The van der Waals surface area contributed by atoms with Crippen LogP contribution in [-0.2, 0) is 28.3 Å². The van der Waals surface area contributed by atoms with Crippen LogP contribution in [0, 0.1) is 5.82 Å². The number of amides is 2. The first-order chi connectivity index (χ1) is 17.8. The fourth-order valence-electron chi connectivity index (χ4n) is 3.78. The molecule has 3 aromatic carbocycles. The minimum atomic E-state index is -0.704. The SMILES string of the molecule is CC[C@@H](C)NC(=O)[C@@H](Cc1ccccc1)N(Cc1ccc(Br)cc1)C(=O)CSCc1c(F)cccc1Cl. The summed E-state index contributed by atoms with van der Waals surface area (Å²) >= 11 is 10.9. The van der Waals surface area contributed by atoms with Crippen molar-refractivity contribution in [2.24, 2.45) is 0 Å². The summed E-state index contributed by atoms with van der Waals surface area (Å²) < 4.78 is 15.2. The first-order valence-corrected chi connectivity index (χ1v) is 14.5. The molecule has 0 radical (unpaired) electrons. The molecule has 2 amide bonds. The standard InChI is InChI=1S/C29H31BrClFN2O2S/c1-3-20(2)33-29(36)27(16-21-8-5-4-6-9-21)34(17-22-12-14-23(30)15-13-22)28(35)19-37-18-24-25(31)10-7-11-26(24)32/h4-15,20,27H,3,16-19H2,1-2H3,(H,33,36)/t20-,27-/m1/s1. The van der Waals surface area contributed by atoms with Crippen molar-refractivity contribution in [3.8, 4) is 0 Å². The molecule has 0 saturated carbocycles. The van der Waals surface area contributed by atoms with Crippen molar-refractivity contribution in [2.75, 3.05) is 5.75 Å². The quantitative estimate of drug-likeness (QED) is 0.241. The zero-order valence-corrected chi connectivity index (χ0v) is 24.1. The maximum Gasteiger partial charge on any atom is 0.243 e. The molecule has 8 heteroatoms.